The minimum absolute atomic E-state index is 0.00777. The van der Waals surface area contributed by atoms with Crippen molar-refractivity contribution in [1.29, 1.82) is 5.41 Å². The minimum Gasteiger partial charge on any atom is -0.492 e. The van der Waals surface area contributed by atoms with Gasteiger partial charge in [0.25, 0.3) is 0 Å². The number of nitrogens with zero attached hydrogens (tertiary/aromatic N) is 3. The molecule has 1 aromatic heterocycles. The molecular formula is C26H39N5O4. The van der Waals surface area contributed by atoms with Crippen LogP contribution in [0.2, 0.25) is 0 Å². The van der Waals surface area contributed by atoms with Crippen molar-refractivity contribution >= 4 is 23.7 Å². The van der Waals surface area contributed by atoms with Crippen LogP contribution in [-0.4, -0.2) is 65.5 Å². The van der Waals surface area contributed by atoms with Crippen LogP contribution >= 0.6 is 0 Å². The van der Waals surface area contributed by atoms with E-state index in [2.05, 4.69) is 21.5 Å². The number of hydrogen-bond acceptors (Lipinski definition) is 7. The second kappa shape index (κ2) is 13.2. The van der Waals surface area contributed by atoms with Gasteiger partial charge in [-0.3, -0.25) is 9.78 Å². The predicted molar refractivity (Wildman–Crippen MR) is 136 cm³/mol. The standard InChI is InChI=1S/C26H39N5O4/c1-18(2)14-29-35-26(27)31-12-10-20(11-13-31)17-34-23-8-9-24(28-15-23)21-4-6-22(7-5-21)25(33)30-19(3)16-32/h4,8-9,14-15,18-20,22,27,32H,5-7,10-13,16-17H2,1-3H3,(H,30,33)/t19-,22?/m1/s1. The Kier molecular flexibility index (Phi) is 10.1. The van der Waals surface area contributed by atoms with Crippen molar-refractivity contribution < 1.29 is 19.5 Å². The number of ether oxygens (including phenoxy) is 1. The normalized spacial score (nSPS) is 20.0. The Morgan fingerprint density at radius 2 is 2.09 bits per heavy atom. The van der Waals surface area contributed by atoms with E-state index in [0.29, 0.717) is 24.9 Å². The van der Waals surface area contributed by atoms with E-state index >= 15 is 0 Å². The minimum atomic E-state index is -0.216. The third kappa shape index (κ3) is 8.35. The molecule has 2 aliphatic rings. The molecular weight excluding hydrogens is 446 g/mol. The zero-order chi connectivity index (χ0) is 25.2. The van der Waals surface area contributed by atoms with Crippen molar-refractivity contribution in [3.8, 4) is 5.75 Å². The lowest BCUT2D eigenvalue weighted by molar-refractivity contribution is -0.126. The van der Waals surface area contributed by atoms with E-state index in [4.69, 9.17) is 20.1 Å². The third-order valence-corrected chi connectivity index (χ3v) is 6.40. The Morgan fingerprint density at radius 1 is 1.31 bits per heavy atom. The molecule has 2 atom stereocenters. The number of carbonyl (C=O) groups excluding carboxylic acids is 1. The number of hydrogen-bond donors (Lipinski definition) is 3. The van der Waals surface area contributed by atoms with E-state index < -0.39 is 0 Å². The summed E-state index contributed by atoms with van der Waals surface area (Å²) in [6, 6.07) is 3.82. The van der Waals surface area contributed by atoms with E-state index in [-0.39, 0.29) is 30.5 Å². The Hall–Kier alpha value is -2.94. The molecule has 0 saturated carbocycles. The highest BCUT2D eigenvalue weighted by Gasteiger charge is 2.24. The summed E-state index contributed by atoms with van der Waals surface area (Å²) in [5, 5.41) is 23.8. The molecule has 1 fully saturated rings. The summed E-state index contributed by atoms with van der Waals surface area (Å²) in [4.78, 5) is 23.9. The second-order valence-corrected chi connectivity index (χ2v) is 9.81. The maximum atomic E-state index is 12.3. The number of oxime groups is 1. The van der Waals surface area contributed by atoms with Gasteiger partial charge < -0.3 is 24.9 Å². The number of aliphatic hydroxyl groups is 1. The van der Waals surface area contributed by atoms with Gasteiger partial charge in [-0.25, -0.2) is 5.41 Å². The van der Waals surface area contributed by atoms with Crippen LogP contribution < -0.4 is 10.1 Å². The van der Waals surface area contributed by atoms with Crippen LogP contribution in [0.25, 0.3) is 5.57 Å². The fourth-order valence-corrected chi connectivity index (χ4v) is 4.14. The zero-order valence-corrected chi connectivity index (χ0v) is 21.1. The number of rotatable bonds is 9. The molecule has 1 amide bonds. The summed E-state index contributed by atoms with van der Waals surface area (Å²) in [7, 11) is 0. The van der Waals surface area contributed by atoms with Crippen molar-refractivity contribution in [2.24, 2.45) is 22.9 Å². The fraction of sp³-hybridized carbons (Fsp3) is 0.615. The maximum Gasteiger partial charge on any atom is 0.314 e. The lowest BCUT2D eigenvalue weighted by Gasteiger charge is -2.31. The summed E-state index contributed by atoms with van der Waals surface area (Å²) in [6.07, 6.45) is 9.70. The average Bonchev–Trinajstić information content (AvgIpc) is 2.87. The van der Waals surface area contributed by atoms with E-state index in [1.54, 1.807) is 19.3 Å². The van der Waals surface area contributed by atoms with Crippen LogP contribution in [0.3, 0.4) is 0 Å². The fourth-order valence-electron chi connectivity index (χ4n) is 4.14. The van der Waals surface area contributed by atoms with E-state index in [0.717, 1.165) is 55.8 Å². The Balaban J connectivity index is 1.40. The maximum absolute atomic E-state index is 12.3. The highest BCUT2D eigenvalue weighted by molar-refractivity contribution is 5.80. The largest absolute Gasteiger partial charge is 0.492 e. The van der Waals surface area contributed by atoms with Gasteiger partial charge in [-0.1, -0.05) is 25.1 Å². The first-order valence-electron chi connectivity index (χ1n) is 12.6. The van der Waals surface area contributed by atoms with Gasteiger partial charge in [-0.05, 0) is 68.6 Å². The molecule has 1 aliphatic heterocycles. The van der Waals surface area contributed by atoms with Crippen molar-refractivity contribution in [3.05, 3.63) is 30.1 Å². The van der Waals surface area contributed by atoms with Gasteiger partial charge in [0.1, 0.15) is 5.75 Å². The third-order valence-electron chi connectivity index (χ3n) is 6.40. The molecule has 0 spiro atoms. The lowest BCUT2D eigenvalue weighted by atomic mass is 9.87. The van der Waals surface area contributed by atoms with Gasteiger partial charge in [0.15, 0.2) is 0 Å². The number of allylic oxidation sites excluding steroid dienone is 2. The first kappa shape index (κ1) is 26.7. The van der Waals surface area contributed by atoms with Crippen LogP contribution in [0, 0.1) is 23.2 Å². The van der Waals surface area contributed by atoms with Crippen molar-refractivity contribution in [2.75, 3.05) is 26.3 Å². The number of amides is 1. The summed E-state index contributed by atoms with van der Waals surface area (Å²) >= 11 is 0. The molecule has 3 rings (SSSR count). The van der Waals surface area contributed by atoms with Crippen LogP contribution in [0.4, 0.5) is 0 Å². The van der Waals surface area contributed by atoms with E-state index in [9.17, 15) is 4.79 Å². The number of nitrogens with one attached hydrogen (secondary N) is 2. The van der Waals surface area contributed by atoms with Gasteiger partial charge in [-0.2, -0.15) is 0 Å². The molecule has 0 aromatic carbocycles. The summed E-state index contributed by atoms with van der Waals surface area (Å²) in [5.74, 6) is 1.43. The topological polar surface area (TPSA) is 120 Å². The molecule has 1 aromatic rings. The van der Waals surface area contributed by atoms with Crippen LogP contribution in [0.15, 0.2) is 29.6 Å². The average molecular weight is 486 g/mol. The monoisotopic (exact) mass is 485 g/mol. The number of amidine groups is 1. The molecule has 192 valence electrons. The lowest BCUT2D eigenvalue weighted by Crippen LogP contribution is -2.39. The number of pyridine rings is 1. The molecule has 0 radical (unpaired) electrons. The first-order chi connectivity index (χ1) is 16.9. The second-order valence-electron chi connectivity index (χ2n) is 9.81. The molecule has 35 heavy (non-hydrogen) atoms. The van der Waals surface area contributed by atoms with Crippen molar-refractivity contribution in [1.82, 2.24) is 15.2 Å². The molecule has 0 bridgehead atoms. The highest BCUT2D eigenvalue weighted by Crippen LogP contribution is 2.30. The SMILES string of the molecule is CC(C)C=NOC(=N)N1CCC(COc2ccc(C3=CCC(C(=O)N[C@H](C)CO)CC3)nc2)CC1. The van der Waals surface area contributed by atoms with Gasteiger partial charge in [0.05, 0.1) is 25.1 Å². The van der Waals surface area contributed by atoms with Crippen molar-refractivity contribution in [2.45, 2.75) is 58.9 Å². The number of aliphatic hydroxyl groups excluding tert-OH is 1. The van der Waals surface area contributed by atoms with Gasteiger partial charge in [-0.15, -0.1) is 0 Å². The summed E-state index contributed by atoms with van der Waals surface area (Å²) in [6.45, 7) is 7.91. The number of piperidine rings is 1. The molecule has 9 nitrogen and oxygen atoms in total. The Bertz CT molecular complexity index is 892. The molecule has 1 saturated heterocycles. The predicted octanol–water partition coefficient (Wildman–Crippen LogP) is 3.45. The molecule has 1 aliphatic carbocycles. The summed E-state index contributed by atoms with van der Waals surface area (Å²) < 4.78 is 5.99. The smallest absolute Gasteiger partial charge is 0.314 e. The van der Waals surface area contributed by atoms with E-state index in [1.165, 1.54) is 0 Å². The Morgan fingerprint density at radius 3 is 2.69 bits per heavy atom. The van der Waals surface area contributed by atoms with Gasteiger partial charge in [0.2, 0.25) is 5.91 Å². The Labute approximate surface area is 208 Å². The van der Waals surface area contributed by atoms with Crippen LogP contribution in [-0.2, 0) is 9.63 Å². The summed E-state index contributed by atoms with van der Waals surface area (Å²) in [5.41, 5.74) is 2.08. The van der Waals surface area contributed by atoms with Crippen LogP contribution in [0.1, 0.15) is 58.6 Å². The quantitative estimate of drug-likeness (QED) is 0.280. The van der Waals surface area contributed by atoms with Crippen molar-refractivity contribution in [3.63, 3.8) is 0 Å². The van der Waals surface area contributed by atoms with Gasteiger partial charge >= 0.3 is 6.02 Å². The molecule has 3 N–H and O–H groups in total. The molecule has 2 heterocycles. The highest BCUT2D eigenvalue weighted by atomic mass is 16.6. The van der Waals surface area contributed by atoms with Gasteiger partial charge in [0, 0.05) is 31.3 Å². The van der Waals surface area contributed by atoms with Crippen LogP contribution in [0.5, 0.6) is 5.75 Å². The van der Waals surface area contributed by atoms with E-state index in [1.807, 2.05) is 30.9 Å². The number of carbonyl (C=O) groups is 1. The molecule has 9 heteroatoms. The number of aromatic nitrogens is 1. The molecule has 1 unspecified atom stereocenters. The first-order valence-corrected chi connectivity index (χ1v) is 12.6. The number of likely N-dealkylation sites (tertiary alicyclic amines) is 1. The zero-order valence-electron chi connectivity index (χ0n) is 21.1.